The molecule has 1 N–H and O–H groups in total. The molecule has 1 spiro atoms. The lowest BCUT2D eigenvalue weighted by atomic mass is 9.62. The average Bonchev–Trinajstić information content (AvgIpc) is 1.84. The standard InChI is InChI=1S/C10H19N/c1-9(2)3-5-10(6-4-9)7-11-8-10/h11H,3-8H2,1-2H3. The van der Waals surface area contributed by atoms with Crippen molar-refractivity contribution in [3.63, 3.8) is 0 Å². The molecule has 0 aromatic heterocycles. The van der Waals surface area contributed by atoms with Gasteiger partial charge in [-0.05, 0) is 36.5 Å². The van der Waals surface area contributed by atoms with E-state index < -0.39 is 0 Å². The summed E-state index contributed by atoms with van der Waals surface area (Å²) < 4.78 is 0. The van der Waals surface area contributed by atoms with Crippen molar-refractivity contribution >= 4 is 0 Å². The lowest BCUT2D eigenvalue weighted by molar-refractivity contribution is 0.0514. The van der Waals surface area contributed by atoms with Gasteiger partial charge >= 0.3 is 0 Å². The van der Waals surface area contributed by atoms with Crippen molar-refractivity contribution in [1.29, 1.82) is 0 Å². The maximum Gasteiger partial charge on any atom is 0.00202 e. The van der Waals surface area contributed by atoms with Crippen LogP contribution < -0.4 is 5.32 Å². The van der Waals surface area contributed by atoms with Crippen LogP contribution in [0, 0.1) is 10.8 Å². The topological polar surface area (TPSA) is 12.0 Å². The van der Waals surface area contributed by atoms with Crippen LogP contribution in [0.4, 0.5) is 0 Å². The smallest absolute Gasteiger partial charge is 0.00202 e. The first-order valence-electron chi connectivity index (χ1n) is 4.83. The maximum atomic E-state index is 3.40. The van der Waals surface area contributed by atoms with Gasteiger partial charge in [0.1, 0.15) is 0 Å². The van der Waals surface area contributed by atoms with Crippen molar-refractivity contribution in [3.05, 3.63) is 0 Å². The molecule has 0 aromatic rings. The highest BCUT2D eigenvalue weighted by atomic mass is 15.0. The Bertz CT molecular complexity index is 144. The molecule has 1 nitrogen and oxygen atoms in total. The van der Waals surface area contributed by atoms with Crippen molar-refractivity contribution in [2.45, 2.75) is 39.5 Å². The van der Waals surface area contributed by atoms with Gasteiger partial charge in [0.05, 0.1) is 0 Å². The van der Waals surface area contributed by atoms with E-state index in [0.717, 1.165) is 5.41 Å². The Hall–Kier alpha value is -0.0400. The molecule has 2 rings (SSSR count). The zero-order valence-electron chi connectivity index (χ0n) is 7.74. The van der Waals surface area contributed by atoms with Gasteiger partial charge in [0.15, 0.2) is 0 Å². The van der Waals surface area contributed by atoms with Crippen LogP contribution in [0.25, 0.3) is 0 Å². The summed E-state index contributed by atoms with van der Waals surface area (Å²) in [6.45, 7) is 7.41. The number of hydrogen-bond acceptors (Lipinski definition) is 1. The maximum absolute atomic E-state index is 3.40. The van der Waals surface area contributed by atoms with E-state index in [1.54, 1.807) is 0 Å². The average molecular weight is 153 g/mol. The quantitative estimate of drug-likeness (QED) is 0.562. The summed E-state index contributed by atoms with van der Waals surface area (Å²) in [7, 11) is 0. The van der Waals surface area contributed by atoms with Crippen LogP contribution in [0.5, 0.6) is 0 Å². The molecule has 1 saturated carbocycles. The van der Waals surface area contributed by atoms with Crippen LogP contribution >= 0.6 is 0 Å². The van der Waals surface area contributed by atoms with Crippen LogP contribution in [-0.2, 0) is 0 Å². The third-order valence-corrected chi connectivity index (χ3v) is 3.66. The Morgan fingerprint density at radius 2 is 1.45 bits per heavy atom. The van der Waals surface area contributed by atoms with Crippen LogP contribution in [0.15, 0.2) is 0 Å². The summed E-state index contributed by atoms with van der Waals surface area (Å²) in [6, 6.07) is 0. The third-order valence-electron chi connectivity index (χ3n) is 3.66. The second-order valence-electron chi connectivity index (χ2n) is 5.27. The fourth-order valence-corrected chi connectivity index (χ4v) is 2.29. The highest BCUT2D eigenvalue weighted by Crippen LogP contribution is 2.46. The molecule has 1 aliphatic carbocycles. The van der Waals surface area contributed by atoms with Crippen molar-refractivity contribution in [1.82, 2.24) is 5.32 Å². The molecule has 0 radical (unpaired) electrons. The summed E-state index contributed by atoms with van der Waals surface area (Å²) in [5.74, 6) is 0. The van der Waals surface area contributed by atoms with Crippen LogP contribution in [-0.4, -0.2) is 13.1 Å². The number of nitrogens with one attached hydrogen (secondary N) is 1. The van der Waals surface area contributed by atoms with E-state index in [1.807, 2.05) is 0 Å². The van der Waals surface area contributed by atoms with Crippen molar-refractivity contribution < 1.29 is 0 Å². The first kappa shape index (κ1) is 7.60. The minimum absolute atomic E-state index is 0.640. The minimum Gasteiger partial charge on any atom is -0.316 e. The lowest BCUT2D eigenvalue weighted by Gasteiger charge is -2.49. The Morgan fingerprint density at radius 3 is 1.82 bits per heavy atom. The van der Waals surface area contributed by atoms with Crippen molar-refractivity contribution in [2.75, 3.05) is 13.1 Å². The van der Waals surface area contributed by atoms with Gasteiger partial charge in [-0.15, -0.1) is 0 Å². The molecule has 11 heavy (non-hydrogen) atoms. The van der Waals surface area contributed by atoms with Gasteiger partial charge < -0.3 is 5.32 Å². The Balaban J connectivity index is 1.94. The van der Waals surface area contributed by atoms with Crippen LogP contribution in [0.1, 0.15) is 39.5 Å². The summed E-state index contributed by atoms with van der Waals surface area (Å²) in [6.07, 6.45) is 5.81. The van der Waals surface area contributed by atoms with Crippen LogP contribution in [0.2, 0.25) is 0 Å². The molecule has 64 valence electrons. The predicted molar refractivity (Wildman–Crippen MR) is 47.6 cm³/mol. The third kappa shape index (κ3) is 1.31. The van der Waals surface area contributed by atoms with Gasteiger partial charge in [-0.1, -0.05) is 13.8 Å². The summed E-state index contributed by atoms with van der Waals surface area (Å²) in [5, 5.41) is 3.40. The minimum atomic E-state index is 0.640. The molecule has 1 heterocycles. The van der Waals surface area contributed by atoms with Gasteiger partial charge in [-0.25, -0.2) is 0 Å². The molecule has 0 unspecified atom stereocenters. The Kier molecular flexibility index (Phi) is 1.54. The van der Waals surface area contributed by atoms with E-state index in [0.29, 0.717) is 5.41 Å². The van der Waals surface area contributed by atoms with Crippen molar-refractivity contribution in [3.8, 4) is 0 Å². The molecule has 0 atom stereocenters. The number of hydrogen-bond donors (Lipinski definition) is 1. The van der Waals surface area contributed by atoms with E-state index in [1.165, 1.54) is 38.8 Å². The van der Waals surface area contributed by atoms with Crippen LogP contribution in [0.3, 0.4) is 0 Å². The van der Waals surface area contributed by atoms with Gasteiger partial charge in [0.25, 0.3) is 0 Å². The Morgan fingerprint density at radius 1 is 0.909 bits per heavy atom. The fraction of sp³-hybridized carbons (Fsp3) is 1.00. The lowest BCUT2D eigenvalue weighted by Crippen LogP contribution is -2.55. The molecular formula is C10H19N. The summed E-state index contributed by atoms with van der Waals surface area (Å²) in [4.78, 5) is 0. The van der Waals surface area contributed by atoms with Gasteiger partial charge in [-0.2, -0.15) is 0 Å². The Labute approximate surface area is 69.6 Å². The molecule has 0 bridgehead atoms. The summed E-state index contributed by atoms with van der Waals surface area (Å²) in [5.41, 5.74) is 1.39. The fourth-order valence-electron chi connectivity index (χ4n) is 2.29. The molecule has 1 saturated heterocycles. The SMILES string of the molecule is CC1(C)CCC2(CC1)CNC2. The van der Waals surface area contributed by atoms with E-state index in [-0.39, 0.29) is 0 Å². The van der Waals surface area contributed by atoms with Gasteiger partial charge in [-0.3, -0.25) is 0 Å². The zero-order valence-corrected chi connectivity index (χ0v) is 7.74. The first-order chi connectivity index (χ1) is 5.12. The molecule has 2 aliphatic rings. The molecule has 0 aromatic carbocycles. The second kappa shape index (κ2) is 2.22. The highest BCUT2D eigenvalue weighted by molar-refractivity contribution is 4.97. The van der Waals surface area contributed by atoms with E-state index in [9.17, 15) is 0 Å². The molecule has 1 aliphatic heterocycles. The highest BCUT2D eigenvalue weighted by Gasteiger charge is 2.42. The summed E-state index contributed by atoms with van der Waals surface area (Å²) >= 11 is 0. The zero-order chi connectivity index (χ0) is 7.95. The number of rotatable bonds is 0. The first-order valence-corrected chi connectivity index (χ1v) is 4.83. The molecule has 0 amide bonds. The van der Waals surface area contributed by atoms with E-state index in [2.05, 4.69) is 19.2 Å². The normalized spacial score (nSPS) is 33.3. The van der Waals surface area contributed by atoms with E-state index >= 15 is 0 Å². The van der Waals surface area contributed by atoms with E-state index in [4.69, 9.17) is 0 Å². The van der Waals surface area contributed by atoms with Crippen molar-refractivity contribution in [2.24, 2.45) is 10.8 Å². The largest absolute Gasteiger partial charge is 0.316 e. The molecule has 1 heteroatoms. The molecule has 2 fully saturated rings. The second-order valence-corrected chi connectivity index (χ2v) is 5.27. The van der Waals surface area contributed by atoms with Gasteiger partial charge in [0, 0.05) is 13.1 Å². The monoisotopic (exact) mass is 153 g/mol. The predicted octanol–water partition coefficient (Wildman–Crippen LogP) is 2.18. The molecular weight excluding hydrogens is 134 g/mol. The van der Waals surface area contributed by atoms with Gasteiger partial charge in [0.2, 0.25) is 0 Å².